The molecule has 2 rings (SSSR count). The number of rotatable bonds is 4. The Bertz CT molecular complexity index is 524. The third-order valence-corrected chi connectivity index (χ3v) is 4.00. The molecular formula is C16H22BFO3. The summed E-state index contributed by atoms with van der Waals surface area (Å²) in [5.74, 6) is 0.107. The lowest BCUT2D eigenvalue weighted by Gasteiger charge is -2.32. The van der Waals surface area contributed by atoms with Gasteiger partial charge in [0.1, 0.15) is 18.2 Å². The molecule has 1 aliphatic heterocycles. The number of ether oxygens (including phenoxy) is 1. The van der Waals surface area contributed by atoms with Gasteiger partial charge in [-0.1, -0.05) is 12.2 Å². The summed E-state index contributed by atoms with van der Waals surface area (Å²) in [5.41, 5.74) is -0.268. The van der Waals surface area contributed by atoms with Gasteiger partial charge in [0.25, 0.3) is 0 Å². The first-order valence-corrected chi connectivity index (χ1v) is 7.15. The van der Waals surface area contributed by atoms with Crippen molar-refractivity contribution >= 4 is 12.6 Å². The third-order valence-electron chi connectivity index (χ3n) is 4.00. The number of halogens is 1. The molecule has 0 aromatic heterocycles. The van der Waals surface area contributed by atoms with Crippen LogP contribution < -0.4 is 10.2 Å². The molecule has 1 aromatic carbocycles. The molecule has 0 unspecified atom stereocenters. The van der Waals surface area contributed by atoms with E-state index in [1.54, 1.807) is 6.07 Å². The molecule has 114 valence electrons. The van der Waals surface area contributed by atoms with Gasteiger partial charge >= 0.3 is 7.12 Å². The number of allylic oxidation sites excluding steroid dienone is 1. The van der Waals surface area contributed by atoms with Crippen LogP contribution in [0.15, 0.2) is 30.4 Å². The molecule has 5 heteroatoms. The normalized spacial score (nSPS) is 20.2. The number of hydrogen-bond donors (Lipinski definition) is 0. The van der Waals surface area contributed by atoms with Gasteiger partial charge in [0, 0.05) is 6.07 Å². The Hall–Kier alpha value is -1.33. The van der Waals surface area contributed by atoms with E-state index in [0.29, 0.717) is 17.8 Å². The predicted octanol–water partition coefficient (Wildman–Crippen LogP) is 3.08. The van der Waals surface area contributed by atoms with Crippen molar-refractivity contribution in [2.24, 2.45) is 0 Å². The molecule has 0 atom stereocenters. The molecule has 0 amide bonds. The van der Waals surface area contributed by atoms with Gasteiger partial charge < -0.3 is 14.0 Å². The zero-order valence-corrected chi connectivity index (χ0v) is 13.3. The SMILES string of the molecule is C/C=C/COc1cc(F)cc(B2OC(C)(C)C(C)(C)O2)c1. The lowest BCUT2D eigenvalue weighted by Crippen LogP contribution is -2.41. The van der Waals surface area contributed by atoms with Crippen LogP contribution in [0.1, 0.15) is 34.6 Å². The van der Waals surface area contributed by atoms with Crippen molar-refractivity contribution < 1.29 is 18.4 Å². The van der Waals surface area contributed by atoms with Gasteiger partial charge in [-0.2, -0.15) is 0 Å². The molecule has 1 saturated heterocycles. The van der Waals surface area contributed by atoms with E-state index in [9.17, 15) is 4.39 Å². The highest BCUT2D eigenvalue weighted by molar-refractivity contribution is 6.62. The Balaban J connectivity index is 2.21. The minimum absolute atomic E-state index is 0.363. The highest BCUT2D eigenvalue weighted by Crippen LogP contribution is 2.36. The molecule has 1 aliphatic rings. The molecule has 21 heavy (non-hydrogen) atoms. The van der Waals surface area contributed by atoms with Gasteiger partial charge in [-0.15, -0.1) is 0 Å². The summed E-state index contributed by atoms with van der Waals surface area (Å²) in [4.78, 5) is 0. The van der Waals surface area contributed by atoms with Crippen molar-refractivity contribution in [2.75, 3.05) is 6.61 Å². The molecule has 1 heterocycles. The van der Waals surface area contributed by atoms with Crippen LogP contribution in [0, 0.1) is 5.82 Å². The molecule has 3 nitrogen and oxygen atoms in total. The lowest BCUT2D eigenvalue weighted by molar-refractivity contribution is 0.00578. The van der Waals surface area contributed by atoms with Crippen LogP contribution in [0.3, 0.4) is 0 Å². The monoisotopic (exact) mass is 292 g/mol. The molecule has 1 aromatic rings. The standard InChI is InChI=1S/C16H22BFO3/c1-6-7-8-19-14-10-12(9-13(18)11-14)17-20-15(2,3)16(4,5)21-17/h6-7,9-11H,8H2,1-5H3/b7-6+. The van der Waals surface area contributed by atoms with Crippen LogP contribution in [0.4, 0.5) is 4.39 Å². The van der Waals surface area contributed by atoms with Crippen molar-refractivity contribution in [2.45, 2.75) is 45.8 Å². The van der Waals surface area contributed by atoms with E-state index in [4.69, 9.17) is 14.0 Å². The van der Waals surface area contributed by atoms with Crippen molar-refractivity contribution in [3.63, 3.8) is 0 Å². The van der Waals surface area contributed by atoms with E-state index in [1.165, 1.54) is 12.1 Å². The van der Waals surface area contributed by atoms with Crippen molar-refractivity contribution in [3.8, 4) is 5.75 Å². The van der Waals surface area contributed by atoms with Gasteiger partial charge in [0.15, 0.2) is 0 Å². The van der Waals surface area contributed by atoms with Crippen LogP contribution in [0.25, 0.3) is 0 Å². The molecule has 0 aliphatic carbocycles. The van der Waals surface area contributed by atoms with Crippen LogP contribution in [0.2, 0.25) is 0 Å². The fraction of sp³-hybridized carbons (Fsp3) is 0.500. The second-order valence-corrected chi connectivity index (χ2v) is 6.19. The Kier molecular flexibility index (Phi) is 4.44. The summed E-state index contributed by atoms with van der Waals surface area (Å²) < 4.78 is 31.1. The summed E-state index contributed by atoms with van der Waals surface area (Å²) in [7, 11) is -0.588. The predicted molar refractivity (Wildman–Crippen MR) is 82.4 cm³/mol. The van der Waals surface area contributed by atoms with Gasteiger partial charge in [0.05, 0.1) is 11.2 Å². The Morgan fingerprint density at radius 3 is 2.33 bits per heavy atom. The summed E-state index contributed by atoms with van der Waals surface area (Å²) >= 11 is 0. The Labute approximate surface area is 126 Å². The van der Waals surface area contributed by atoms with E-state index in [2.05, 4.69) is 0 Å². The van der Waals surface area contributed by atoms with Crippen LogP contribution in [0.5, 0.6) is 5.75 Å². The van der Waals surface area contributed by atoms with Gasteiger partial charge in [0.2, 0.25) is 0 Å². The van der Waals surface area contributed by atoms with Crippen molar-refractivity contribution in [1.29, 1.82) is 0 Å². The largest absolute Gasteiger partial charge is 0.495 e. The van der Waals surface area contributed by atoms with Crippen molar-refractivity contribution in [3.05, 3.63) is 36.2 Å². The Morgan fingerprint density at radius 2 is 1.76 bits per heavy atom. The Morgan fingerprint density at radius 1 is 1.14 bits per heavy atom. The maximum absolute atomic E-state index is 13.8. The lowest BCUT2D eigenvalue weighted by atomic mass is 9.79. The third kappa shape index (κ3) is 3.47. The maximum atomic E-state index is 13.8. The number of hydrogen-bond acceptors (Lipinski definition) is 3. The van der Waals surface area contributed by atoms with E-state index in [1.807, 2.05) is 46.8 Å². The molecule has 1 fully saturated rings. The minimum Gasteiger partial charge on any atom is -0.489 e. The molecule has 0 spiro atoms. The van der Waals surface area contributed by atoms with E-state index in [-0.39, 0.29) is 5.82 Å². The van der Waals surface area contributed by atoms with Gasteiger partial charge in [-0.3, -0.25) is 0 Å². The van der Waals surface area contributed by atoms with Crippen molar-refractivity contribution in [1.82, 2.24) is 0 Å². The van der Waals surface area contributed by atoms with Crippen LogP contribution >= 0.6 is 0 Å². The second kappa shape index (κ2) is 5.81. The van der Waals surface area contributed by atoms with Crippen LogP contribution in [-0.2, 0) is 9.31 Å². The quantitative estimate of drug-likeness (QED) is 0.630. The molecular weight excluding hydrogens is 270 g/mol. The highest BCUT2D eigenvalue weighted by Gasteiger charge is 2.51. The number of benzene rings is 1. The topological polar surface area (TPSA) is 27.7 Å². The van der Waals surface area contributed by atoms with E-state index < -0.39 is 18.3 Å². The summed E-state index contributed by atoms with van der Waals surface area (Å²) in [5, 5.41) is 0. The molecule has 0 radical (unpaired) electrons. The first-order chi connectivity index (χ1) is 9.75. The zero-order chi connectivity index (χ0) is 15.7. The van der Waals surface area contributed by atoms with E-state index >= 15 is 0 Å². The summed E-state index contributed by atoms with van der Waals surface area (Å²) in [6, 6.07) is 4.54. The smallest absolute Gasteiger partial charge is 0.489 e. The molecule has 0 saturated carbocycles. The maximum Gasteiger partial charge on any atom is 0.495 e. The average molecular weight is 292 g/mol. The summed E-state index contributed by atoms with van der Waals surface area (Å²) in [6.07, 6.45) is 3.74. The molecule has 0 bridgehead atoms. The van der Waals surface area contributed by atoms with E-state index in [0.717, 1.165) is 0 Å². The summed E-state index contributed by atoms with van der Waals surface area (Å²) in [6.45, 7) is 10.2. The average Bonchev–Trinajstić information content (AvgIpc) is 2.58. The fourth-order valence-corrected chi connectivity index (χ4v) is 2.02. The van der Waals surface area contributed by atoms with Gasteiger partial charge in [-0.25, -0.2) is 4.39 Å². The minimum atomic E-state index is -0.588. The van der Waals surface area contributed by atoms with Crippen LogP contribution in [-0.4, -0.2) is 24.9 Å². The zero-order valence-electron chi connectivity index (χ0n) is 13.3. The van der Waals surface area contributed by atoms with Gasteiger partial charge in [-0.05, 0) is 52.2 Å². The fourth-order valence-electron chi connectivity index (χ4n) is 2.02. The molecule has 0 N–H and O–H groups in total. The first-order valence-electron chi connectivity index (χ1n) is 7.15. The first kappa shape index (κ1) is 16.1. The highest BCUT2D eigenvalue weighted by atomic mass is 19.1. The second-order valence-electron chi connectivity index (χ2n) is 6.19.